The van der Waals surface area contributed by atoms with Gasteiger partial charge in [0.2, 0.25) is 5.82 Å². The van der Waals surface area contributed by atoms with Crippen molar-refractivity contribution >= 4 is 16.7 Å². The Morgan fingerprint density at radius 3 is 2.27 bits per heavy atom. The van der Waals surface area contributed by atoms with Gasteiger partial charge < -0.3 is 10.2 Å². The van der Waals surface area contributed by atoms with Gasteiger partial charge in [-0.05, 0) is 31.8 Å². The second-order valence-electron chi connectivity index (χ2n) is 6.18. The molecule has 2 aromatic carbocycles. The van der Waals surface area contributed by atoms with Crippen molar-refractivity contribution in [2.24, 2.45) is 0 Å². The molecule has 4 nitrogen and oxygen atoms in total. The molecule has 0 fully saturated rings. The van der Waals surface area contributed by atoms with Crippen LogP contribution in [0.5, 0.6) is 0 Å². The average molecular weight is 360 g/mol. The van der Waals surface area contributed by atoms with Gasteiger partial charge in [0.05, 0.1) is 11.6 Å². The highest BCUT2D eigenvalue weighted by atomic mass is 19.4. The minimum absolute atomic E-state index is 0.0146. The summed E-state index contributed by atoms with van der Waals surface area (Å²) in [7, 11) is 3.86. The van der Waals surface area contributed by atoms with Crippen molar-refractivity contribution in [2.45, 2.75) is 12.2 Å². The monoisotopic (exact) mass is 360 g/mol. The summed E-state index contributed by atoms with van der Waals surface area (Å²) < 4.78 is 39.4. The Hall–Kier alpha value is -2.67. The van der Waals surface area contributed by atoms with Gasteiger partial charge in [-0.1, -0.05) is 42.5 Å². The summed E-state index contributed by atoms with van der Waals surface area (Å²) in [5.74, 6) is -0.953. The number of hydrogen-bond donors (Lipinski definition) is 1. The highest BCUT2D eigenvalue weighted by Crippen LogP contribution is 2.30. The van der Waals surface area contributed by atoms with Crippen molar-refractivity contribution in [1.29, 1.82) is 0 Å². The summed E-state index contributed by atoms with van der Waals surface area (Å²) in [5.41, 5.74) is 1.33. The van der Waals surface area contributed by atoms with E-state index in [1.807, 2.05) is 49.3 Å². The quantitative estimate of drug-likeness (QED) is 0.734. The van der Waals surface area contributed by atoms with Gasteiger partial charge >= 0.3 is 6.18 Å². The molecule has 0 amide bonds. The molecule has 3 aromatic rings. The van der Waals surface area contributed by atoms with Crippen LogP contribution in [0.1, 0.15) is 17.4 Å². The number of anilines is 1. The Morgan fingerprint density at radius 2 is 1.62 bits per heavy atom. The molecule has 0 radical (unpaired) electrons. The van der Waals surface area contributed by atoms with E-state index in [9.17, 15) is 13.2 Å². The predicted octanol–water partition coefficient (Wildman–Crippen LogP) is 4.36. The van der Waals surface area contributed by atoms with Gasteiger partial charge in [0.25, 0.3) is 0 Å². The van der Waals surface area contributed by atoms with E-state index >= 15 is 0 Å². The second kappa shape index (κ2) is 7.29. The first kappa shape index (κ1) is 18.1. The fourth-order valence-electron chi connectivity index (χ4n) is 2.81. The topological polar surface area (TPSA) is 41.0 Å². The molecule has 0 saturated heterocycles. The van der Waals surface area contributed by atoms with Crippen molar-refractivity contribution in [3.05, 3.63) is 66.0 Å². The summed E-state index contributed by atoms with van der Waals surface area (Å²) in [6.45, 7) is 0.412. The number of nitrogens with one attached hydrogen (secondary N) is 1. The third kappa shape index (κ3) is 3.94. The van der Waals surface area contributed by atoms with Gasteiger partial charge in [0.1, 0.15) is 5.82 Å². The summed E-state index contributed by atoms with van der Waals surface area (Å²) in [6.07, 6.45) is -4.60. The third-order valence-electron chi connectivity index (χ3n) is 4.13. The number of para-hydroxylation sites is 1. The maximum atomic E-state index is 13.1. The van der Waals surface area contributed by atoms with Crippen LogP contribution in [0, 0.1) is 0 Å². The molecule has 26 heavy (non-hydrogen) atoms. The largest absolute Gasteiger partial charge is 0.451 e. The number of rotatable bonds is 5. The molecule has 1 atom stereocenters. The summed E-state index contributed by atoms with van der Waals surface area (Å²) in [4.78, 5) is 9.38. The van der Waals surface area contributed by atoms with Crippen LogP contribution in [-0.4, -0.2) is 35.5 Å². The smallest absolute Gasteiger partial charge is 0.368 e. The van der Waals surface area contributed by atoms with Crippen molar-refractivity contribution in [1.82, 2.24) is 14.9 Å². The van der Waals surface area contributed by atoms with Crippen molar-refractivity contribution in [3.63, 3.8) is 0 Å². The molecule has 1 aromatic heterocycles. The molecule has 136 valence electrons. The highest BCUT2D eigenvalue weighted by Gasteiger charge is 2.35. The van der Waals surface area contributed by atoms with Crippen LogP contribution in [0.2, 0.25) is 0 Å². The normalized spacial score (nSPS) is 13.2. The minimum Gasteiger partial charge on any atom is -0.368 e. The molecule has 0 saturated carbocycles. The number of likely N-dealkylation sites (N-methyl/N-ethyl adjacent to an activating group) is 1. The first-order valence-corrected chi connectivity index (χ1v) is 8.15. The van der Waals surface area contributed by atoms with Crippen LogP contribution in [0.4, 0.5) is 19.0 Å². The number of halogens is 3. The Kier molecular flexibility index (Phi) is 5.08. The number of alkyl halides is 3. The summed E-state index contributed by atoms with van der Waals surface area (Å²) in [6, 6.07) is 16.5. The molecule has 1 unspecified atom stereocenters. The standard InChI is InChI=1S/C19H19F3N4/c1-26(2)16(13-8-4-3-5-9-13)12-23-17-14-10-6-7-11-15(14)24-18(25-17)19(20,21)22/h3-11,16H,12H2,1-2H3,(H,23,24,25). The lowest BCUT2D eigenvalue weighted by molar-refractivity contribution is -0.144. The lowest BCUT2D eigenvalue weighted by Crippen LogP contribution is -2.27. The molecular formula is C19H19F3N4. The lowest BCUT2D eigenvalue weighted by atomic mass is 10.1. The predicted molar refractivity (Wildman–Crippen MR) is 95.9 cm³/mol. The zero-order valence-corrected chi connectivity index (χ0v) is 14.5. The number of aromatic nitrogens is 2. The van der Waals surface area contributed by atoms with Crippen LogP contribution < -0.4 is 5.32 Å². The van der Waals surface area contributed by atoms with E-state index < -0.39 is 12.0 Å². The van der Waals surface area contributed by atoms with Crippen LogP contribution in [-0.2, 0) is 6.18 Å². The van der Waals surface area contributed by atoms with Gasteiger partial charge in [0.15, 0.2) is 0 Å². The Labute approximate surface area is 149 Å². The van der Waals surface area contributed by atoms with E-state index in [1.54, 1.807) is 24.3 Å². The van der Waals surface area contributed by atoms with E-state index in [0.29, 0.717) is 11.9 Å². The molecular weight excluding hydrogens is 341 g/mol. The summed E-state index contributed by atoms with van der Waals surface area (Å²) >= 11 is 0. The molecule has 0 aliphatic rings. The van der Waals surface area contributed by atoms with Crippen molar-refractivity contribution in [3.8, 4) is 0 Å². The third-order valence-corrected chi connectivity index (χ3v) is 4.13. The lowest BCUT2D eigenvalue weighted by Gasteiger charge is -2.25. The molecule has 0 bridgehead atoms. The molecule has 7 heteroatoms. The van der Waals surface area contributed by atoms with Gasteiger partial charge in [-0.2, -0.15) is 13.2 Å². The van der Waals surface area contributed by atoms with Gasteiger partial charge in [0, 0.05) is 11.9 Å². The molecule has 0 aliphatic heterocycles. The Morgan fingerprint density at radius 1 is 0.962 bits per heavy atom. The van der Waals surface area contributed by atoms with Gasteiger partial charge in [-0.25, -0.2) is 9.97 Å². The number of nitrogens with zero attached hydrogens (tertiary/aromatic N) is 3. The maximum absolute atomic E-state index is 13.1. The first-order chi connectivity index (χ1) is 12.4. The van der Waals surface area contributed by atoms with Crippen molar-refractivity contribution < 1.29 is 13.2 Å². The Balaban J connectivity index is 1.94. The van der Waals surface area contributed by atoms with E-state index in [2.05, 4.69) is 15.3 Å². The Bertz CT molecular complexity index is 879. The van der Waals surface area contributed by atoms with E-state index in [1.165, 1.54) is 0 Å². The number of fused-ring (bicyclic) bond motifs is 1. The van der Waals surface area contributed by atoms with Crippen LogP contribution in [0.15, 0.2) is 54.6 Å². The number of benzene rings is 2. The fourth-order valence-corrected chi connectivity index (χ4v) is 2.81. The van der Waals surface area contributed by atoms with Crippen LogP contribution in [0.3, 0.4) is 0 Å². The molecule has 0 spiro atoms. The van der Waals surface area contributed by atoms with Crippen LogP contribution >= 0.6 is 0 Å². The second-order valence-corrected chi connectivity index (χ2v) is 6.18. The zero-order valence-electron chi connectivity index (χ0n) is 14.5. The number of hydrogen-bond acceptors (Lipinski definition) is 4. The van der Waals surface area contributed by atoms with Crippen molar-refractivity contribution in [2.75, 3.05) is 26.0 Å². The van der Waals surface area contributed by atoms with E-state index in [-0.39, 0.29) is 17.4 Å². The minimum atomic E-state index is -4.60. The fraction of sp³-hybridized carbons (Fsp3) is 0.263. The zero-order chi connectivity index (χ0) is 18.7. The first-order valence-electron chi connectivity index (χ1n) is 8.15. The average Bonchev–Trinajstić information content (AvgIpc) is 2.61. The van der Waals surface area contributed by atoms with E-state index in [4.69, 9.17) is 0 Å². The van der Waals surface area contributed by atoms with Gasteiger partial charge in [-0.15, -0.1) is 0 Å². The van der Waals surface area contributed by atoms with Gasteiger partial charge in [-0.3, -0.25) is 0 Å². The van der Waals surface area contributed by atoms with Crippen LogP contribution in [0.25, 0.3) is 10.9 Å². The van der Waals surface area contributed by atoms with E-state index in [0.717, 1.165) is 5.56 Å². The SMILES string of the molecule is CN(C)C(CNc1nc(C(F)(F)F)nc2ccccc12)c1ccccc1. The maximum Gasteiger partial charge on any atom is 0.451 e. The molecule has 3 rings (SSSR count). The molecule has 1 heterocycles. The molecule has 1 N–H and O–H groups in total. The highest BCUT2D eigenvalue weighted by molar-refractivity contribution is 5.89. The molecule has 0 aliphatic carbocycles. The summed E-state index contributed by atoms with van der Waals surface area (Å²) in [5, 5.41) is 3.65.